The van der Waals surface area contributed by atoms with Crippen LogP contribution in [0.15, 0.2) is 24.3 Å². The van der Waals surface area contributed by atoms with Crippen LogP contribution in [-0.2, 0) is 6.42 Å². The Balaban J connectivity index is 1.96. The van der Waals surface area contributed by atoms with Crippen molar-refractivity contribution in [3.63, 3.8) is 0 Å². The van der Waals surface area contributed by atoms with Gasteiger partial charge in [-0.05, 0) is 42.9 Å². The Kier molecular flexibility index (Phi) is 3.23. The number of nitrogens with two attached hydrogens (primary N) is 1. The van der Waals surface area contributed by atoms with Crippen molar-refractivity contribution in [2.45, 2.75) is 25.3 Å². The summed E-state index contributed by atoms with van der Waals surface area (Å²) in [6, 6.07) is 8.63. The fourth-order valence-electron chi connectivity index (χ4n) is 1.88. The molecule has 1 unspecified atom stereocenters. The molecule has 82 valence electrons. The van der Waals surface area contributed by atoms with Crippen LogP contribution in [0.2, 0.25) is 0 Å². The molecule has 1 aromatic carbocycles. The summed E-state index contributed by atoms with van der Waals surface area (Å²) < 4.78 is 5.12. The summed E-state index contributed by atoms with van der Waals surface area (Å²) in [5.41, 5.74) is 4.22. The first-order valence-electron chi connectivity index (χ1n) is 5.42. The van der Waals surface area contributed by atoms with Crippen LogP contribution in [0.5, 0.6) is 5.75 Å². The average molecular weight is 206 g/mol. The maximum atomic E-state index is 5.54. The smallest absolute Gasteiger partial charge is 0.118 e. The van der Waals surface area contributed by atoms with E-state index >= 15 is 0 Å². The molecule has 3 nitrogen and oxygen atoms in total. The number of rotatable bonds is 5. The van der Waals surface area contributed by atoms with E-state index in [1.165, 1.54) is 18.4 Å². The van der Waals surface area contributed by atoms with Gasteiger partial charge in [0.1, 0.15) is 5.75 Å². The number of hydrazine groups is 1. The molecule has 0 amide bonds. The zero-order chi connectivity index (χ0) is 10.7. The van der Waals surface area contributed by atoms with Gasteiger partial charge in [-0.2, -0.15) is 0 Å². The van der Waals surface area contributed by atoms with E-state index in [9.17, 15) is 0 Å². The van der Waals surface area contributed by atoms with Crippen molar-refractivity contribution in [3.05, 3.63) is 29.8 Å². The molecule has 1 atom stereocenters. The van der Waals surface area contributed by atoms with Gasteiger partial charge in [-0.25, -0.2) is 0 Å². The molecule has 1 fully saturated rings. The molecule has 0 radical (unpaired) electrons. The van der Waals surface area contributed by atoms with E-state index in [1.54, 1.807) is 7.11 Å². The van der Waals surface area contributed by atoms with Crippen molar-refractivity contribution >= 4 is 0 Å². The molecule has 0 aromatic heterocycles. The number of nitrogens with one attached hydrogen (secondary N) is 1. The minimum atomic E-state index is 0.429. The standard InChI is InChI=1S/C12H18N2O/c1-15-11-6-2-9(3-7-11)8-12(14-13)10-4-5-10/h2-3,6-7,10,12,14H,4-5,8,13H2,1H3. The Labute approximate surface area is 90.6 Å². The molecule has 0 spiro atoms. The van der Waals surface area contributed by atoms with Crippen molar-refractivity contribution in [1.29, 1.82) is 0 Å². The molecule has 0 saturated heterocycles. The van der Waals surface area contributed by atoms with Crippen molar-refractivity contribution in [1.82, 2.24) is 5.43 Å². The molecule has 1 aliphatic carbocycles. The summed E-state index contributed by atoms with van der Waals surface area (Å²) in [5, 5.41) is 0. The number of benzene rings is 1. The molecule has 15 heavy (non-hydrogen) atoms. The largest absolute Gasteiger partial charge is 0.497 e. The van der Waals surface area contributed by atoms with E-state index in [4.69, 9.17) is 10.6 Å². The molecule has 1 aliphatic rings. The summed E-state index contributed by atoms with van der Waals surface area (Å²) in [5.74, 6) is 7.22. The molecular weight excluding hydrogens is 188 g/mol. The predicted octanol–water partition coefficient (Wildman–Crippen LogP) is 1.48. The third kappa shape index (κ3) is 2.70. The van der Waals surface area contributed by atoms with Crippen LogP contribution in [0.3, 0.4) is 0 Å². The van der Waals surface area contributed by atoms with E-state index in [-0.39, 0.29) is 0 Å². The first kappa shape index (κ1) is 10.5. The summed E-state index contributed by atoms with van der Waals surface area (Å²) in [6.07, 6.45) is 3.63. The summed E-state index contributed by atoms with van der Waals surface area (Å²) in [4.78, 5) is 0. The highest BCUT2D eigenvalue weighted by Gasteiger charge is 2.30. The molecule has 3 N–H and O–H groups in total. The van der Waals surface area contributed by atoms with Crippen LogP contribution in [-0.4, -0.2) is 13.2 Å². The van der Waals surface area contributed by atoms with Crippen molar-refractivity contribution < 1.29 is 4.74 Å². The molecule has 0 bridgehead atoms. The number of methoxy groups -OCH3 is 1. The Morgan fingerprint density at radius 2 is 2.07 bits per heavy atom. The van der Waals surface area contributed by atoms with Crippen LogP contribution >= 0.6 is 0 Å². The molecular formula is C12H18N2O. The Bertz CT molecular complexity index is 306. The van der Waals surface area contributed by atoms with Gasteiger partial charge in [-0.1, -0.05) is 12.1 Å². The number of hydrogen-bond donors (Lipinski definition) is 2. The first-order valence-corrected chi connectivity index (χ1v) is 5.42. The molecule has 0 aliphatic heterocycles. The lowest BCUT2D eigenvalue weighted by molar-refractivity contribution is 0.414. The second-order valence-electron chi connectivity index (χ2n) is 4.16. The molecule has 0 heterocycles. The van der Waals surface area contributed by atoms with Gasteiger partial charge in [0.25, 0.3) is 0 Å². The van der Waals surface area contributed by atoms with Gasteiger partial charge in [-0.3, -0.25) is 11.3 Å². The normalized spacial score (nSPS) is 17.5. The van der Waals surface area contributed by atoms with Gasteiger partial charge in [0.05, 0.1) is 7.11 Å². The quantitative estimate of drug-likeness (QED) is 0.566. The van der Waals surface area contributed by atoms with Crippen LogP contribution in [0.4, 0.5) is 0 Å². The minimum Gasteiger partial charge on any atom is -0.497 e. The lowest BCUT2D eigenvalue weighted by atomic mass is 10.0. The highest BCUT2D eigenvalue weighted by atomic mass is 16.5. The predicted molar refractivity (Wildman–Crippen MR) is 60.5 cm³/mol. The summed E-state index contributed by atoms with van der Waals surface area (Å²) in [6.45, 7) is 0. The average Bonchev–Trinajstić information content (AvgIpc) is 3.10. The van der Waals surface area contributed by atoms with Gasteiger partial charge in [-0.15, -0.1) is 0 Å². The van der Waals surface area contributed by atoms with E-state index in [1.807, 2.05) is 12.1 Å². The van der Waals surface area contributed by atoms with Gasteiger partial charge in [0.15, 0.2) is 0 Å². The zero-order valence-electron chi connectivity index (χ0n) is 9.07. The lowest BCUT2D eigenvalue weighted by Gasteiger charge is -2.14. The summed E-state index contributed by atoms with van der Waals surface area (Å²) >= 11 is 0. The second-order valence-corrected chi connectivity index (χ2v) is 4.16. The molecule has 1 aromatic rings. The maximum Gasteiger partial charge on any atom is 0.118 e. The van der Waals surface area contributed by atoms with Crippen LogP contribution < -0.4 is 16.0 Å². The van der Waals surface area contributed by atoms with Crippen molar-refractivity contribution in [3.8, 4) is 5.75 Å². The SMILES string of the molecule is COc1ccc(CC(NN)C2CC2)cc1. The topological polar surface area (TPSA) is 47.3 Å². The maximum absolute atomic E-state index is 5.54. The van der Waals surface area contributed by atoms with Crippen LogP contribution in [0.1, 0.15) is 18.4 Å². The monoisotopic (exact) mass is 206 g/mol. The van der Waals surface area contributed by atoms with Gasteiger partial charge in [0.2, 0.25) is 0 Å². The van der Waals surface area contributed by atoms with E-state index < -0.39 is 0 Å². The van der Waals surface area contributed by atoms with E-state index in [0.29, 0.717) is 6.04 Å². The fourth-order valence-corrected chi connectivity index (χ4v) is 1.88. The summed E-state index contributed by atoms with van der Waals surface area (Å²) in [7, 11) is 1.68. The third-order valence-corrected chi connectivity index (χ3v) is 3.02. The van der Waals surface area contributed by atoms with E-state index in [2.05, 4.69) is 17.6 Å². The van der Waals surface area contributed by atoms with Crippen LogP contribution in [0, 0.1) is 5.92 Å². The Hall–Kier alpha value is -1.06. The number of ether oxygens (including phenoxy) is 1. The van der Waals surface area contributed by atoms with Crippen LogP contribution in [0.25, 0.3) is 0 Å². The molecule has 3 heteroatoms. The molecule has 2 rings (SSSR count). The third-order valence-electron chi connectivity index (χ3n) is 3.02. The minimum absolute atomic E-state index is 0.429. The first-order chi connectivity index (χ1) is 7.33. The van der Waals surface area contributed by atoms with E-state index in [0.717, 1.165) is 18.1 Å². The zero-order valence-corrected chi connectivity index (χ0v) is 9.07. The van der Waals surface area contributed by atoms with Gasteiger partial charge in [0, 0.05) is 6.04 Å². The number of hydrogen-bond acceptors (Lipinski definition) is 3. The fraction of sp³-hybridized carbons (Fsp3) is 0.500. The molecule has 1 saturated carbocycles. The highest BCUT2D eigenvalue weighted by Crippen LogP contribution is 2.33. The Morgan fingerprint density at radius 3 is 2.53 bits per heavy atom. The van der Waals surface area contributed by atoms with Crippen molar-refractivity contribution in [2.75, 3.05) is 7.11 Å². The second kappa shape index (κ2) is 4.64. The lowest BCUT2D eigenvalue weighted by Crippen LogP contribution is -2.38. The Morgan fingerprint density at radius 1 is 1.40 bits per heavy atom. The van der Waals surface area contributed by atoms with Crippen molar-refractivity contribution in [2.24, 2.45) is 11.8 Å². The highest BCUT2D eigenvalue weighted by molar-refractivity contribution is 5.27. The van der Waals surface area contributed by atoms with Gasteiger partial charge < -0.3 is 4.74 Å². The van der Waals surface area contributed by atoms with Gasteiger partial charge >= 0.3 is 0 Å².